The summed E-state index contributed by atoms with van der Waals surface area (Å²) in [5.41, 5.74) is 7.71. The van der Waals surface area contributed by atoms with E-state index in [2.05, 4.69) is 10.6 Å². The second kappa shape index (κ2) is 11.1. The zero-order valence-electron chi connectivity index (χ0n) is 19.3. The molecule has 0 radical (unpaired) electrons. The summed E-state index contributed by atoms with van der Waals surface area (Å²) >= 11 is 0. The summed E-state index contributed by atoms with van der Waals surface area (Å²) in [5, 5.41) is 5.74. The van der Waals surface area contributed by atoms with Gasteiger partial charge < -0.3 is 21.3 Å². The molecule has 1 aliphatic rings. The number of rotatable bonds is 7. The predicted molar refractivity (Wildman–Crippen MR) is 133 cm³/mol. The molecule has 0 saturated carbocycles. The number of nitrogens with one attached hydrogen (secondary N) is 2. The number of hydrogen-bond acceptors (Lipinski definition) is 4. The SMILES string of the molecule is NCc1cccc(NC(C(=O)Nc2ccc(N3CCCCCC3=O)c(F)c2)c2ccccc2F)c1. The van der Waals surface area contributed by atoms with Crippen molar-refractivity contribution in [3.63, 3.8) is 0 Å². The van der Waals surface area contributed by atoms with E-state index in [0.29, 0.717) is 25.2 Å². The van der Waals surface area contributed by atoms with E-state index in [4.69, 9.17) is 5.73 Å². The molecule has 3 aromatic carbocycles. The molecule has 1 saturated heterocycles. The van der Waals surface area contributed by atoms with Crippen LogP contribution in [0.5, 0.6) is 0 Å². The van der Waals surface area contributed by atoms with E-state index >= 15 is 0 Å². The van der Waals surface area contributed by atoms with Crippen LogP contribution in [-0.2, 0) is 16.1 Å². The molecular weight excluding hydrogens is 450 g/mol. The fourth-order valence-corrected chi connectivity index (χ4v) is 4.20. The lowest BCUT2D eigenvalue weighted by atomic mass is 10.0. The Morgan fingerprint density at radius 3 is 2.54 bits per heavy atom. The van der Waals surface area contributed by atoms with Crippen LogP contribution in [0.3, 0.4) is 0 Å². The van der Waals surface area contributed by atoms with Crippen LogP contribution < -0.4 is 21.3 Å². The molecule has 1 atom stereocenters. The van der Waals surface area contributed by atoms with E-state index in [0.717, 1.165) is 24.8 Å². The van der Waals surface area contributed by atoms with Gasteiger partial charge >= 0.3 is 0 Å². The van der Waals surface area contributed by atoms with Crippen molar-refractivity contribution in [3.8, 4) is 0 Å². The molecule has 1 aliphatic heterocycles. The van der Waals surface area contributed by atoms with Crippen LogP contribution in [0.4, 0.5) is 25.8 Å². The van der Waals surface area contributed by atoms with Gasteiger partial charge in [0.2, 0.25) is 5.91 Å². The second-order valence-corrected chi connectivity index (χ2v) is 8.51. The summed E-state index contributed by atoms with van der Waals surface area (Å²) in [6.45, 7) is 0.778. The Hall–Kier alpha value is -3.78. The van der Waals surface area contributed by atoms with Crippen molar-refractivity contribution in [2.75, 3.05) is 22.1 Å². The van der Waals surface area contributed by atoms with Gasteiger partial charge in [-0.3, -0.25) is 9.59 Å². The monoisotopic (exact) mass is 478 g/mol. The quantitative estimate of drug-likeness (QED) is 0.440. The van der Waals surface area contributed by atoms with Gasteiger partial charge in [0.15, 0.2) is 0 Å². The summed E-state index contributed by atoms with van der Waals surface area (Å²) in [6, 6.07) is 16.3. The number of carbonyl (C=O) groups is 2. The average molecular weight is 479 g/mol. The highest BCUT2D eigenvalue weighted by molar-refractivity contribution is 5.98. The molecule has 182 valence electrons. The van der Waals surface area contributed by atoms with E-state index in [1.54, 1.807) is 36.4 Å². The molecular formula is C27H28F2N4O2. The van der Waals surface area contributed by atoms with Crippen LogP contribution in [-0.4, -0.2) is 18.4 Å². The summed E-state index contributed by atoms with van der Waals surface area (Å²) in [6.07, 6.45) is 2.92. The number of nitrogens with zero attached hydrogens (tertiary/aromatic N) is 1. The van der Waals surface area contributed by atoms with Crippen LogP contribution in [0.15, 0.2) is 66.7 Å². The summed E-state index contributed by atoms with van der Waals surface area (Å²) in [5.74, 6) is -1.83. The molecule has 0 bridgehead atoms. The third kappa shape index (κ3) is 5.84. The number of hydrogen-bond donors (Lipinski definition) is 3. The van der Waals surface area contributed by atoms with Gasteiger partial charge in [0.1, 0.15) is 17.7 Å². The minimum atomic E-state index is -1.08. The van der Waals surface area contributed by atoms with Crippen LogP contribution in [0.25, 0.3) is 0 Å². The Balaban J connectivity index is 1.58. The summed E-state index contributed by atoms with van der Waals surface area (Å²) in [4.78, 5) is 27.1. The fraction of sp³-hybridized carbons (Fsp3) is 0.259. The first-order valence-electron chi connectivity index (χ1n) is 11.7. The van der Waals surface area contributed by atoms with Crippen molar-refractivity contribution >= 4 is 28.9 Å². The van der Waals surface area contributed by atoms with Gasteiger partial charge in [-0.1, -0.05) is 36.8 Å². The molecule has 2 amide bonds. The maximum Gasteiger partial charge on any atom is 0.251 e. The number of carbonyl (C=O) groups excluding carboxylic acids is 2. The lowest BCUT2D eigenvalue weighted by molar-refractivity contribution is -0.118. The summed E-state index contributed by atoms with van der Waals surface area (Å²) in [7, 11) is 0. The standard InChI is InChI=1S/C27H28F2N4O2/c28-22-10-4-3-9-21(22)26(31-19-8-6-7-18(15-19)17-30)27(35)32-20-12-13-24(23(29)16-20)33-14-5-1-2-11-25(33)34/h3-4,6-10,12-13,15-16,26,31H,1-2,5,11,14,17,30H2,(H,32,35). The van der Waals surface area contributed by atoms with E-state index in [1.807, 2.05) is 6.07 Å². The Kier molecular flexibility index (Phi) is 7.72. The topological polar surface area (TPSA) is 87.5 Å². The van der Waals surface area contributed by atoms with Crippen molar-refractivity contribution in [1.29, 1.82) is 0 Å². The highest BCUT2D eigenvalue weighted by Crippen LogP contribution is 2.28. The van der Waals surface area contributed by atoms with E-state index in [1.165, 1.54) is 29.2 Å². The van der Waals surface area contributed by atoms with Gasteiger partial charge in [0.05, 0.1) is 5.69 Å². The normalized spacial score (nSPS) is 14.8. The van der Waals surface area contributed by atoms with Gasteiger partial charge in [-0.15, -0.1) is 0 Å². The maximum atomic E-state index is 15.0. The molecule has 8 heteroatoms. The van der Waals surface area contributed by atoms with Gasteiger partial charge in [-0.2, -0.15) is 0 Å². The van der Waals surface area contributed by atoms with Gasteiger partial charge in [-0.05, 0) is 54.8 Å². The van der Waals surface area contributed by atoms with Gasteiger partial charge in [-0.25, -0.2) is 8.78 Å². The van der Waals surface area contributed by atoms with Crippen molar-refractivity contribution in [1.82, 2.24) is 0 Å². The van der Waals surface area contributed by atoms with E-state index in [9.17, 15) is 18.4 Å². The van der Waals surface area contributed by atoms with E-state index in [-0.39, 0.29) is 22.8 Å². The van der Waals surface area contributed by atoms with Crippen molar-refractivity contribution in [2.24, 2.45) is 5.73 Å². The molecule has 4 N–H and O–H groups in total. The molecule has 35 heavy (non-hydrogen) atoms. The molecule has 3 aromatic rings. The van der Waals surface area contributed by atoms with Gasteiger partial charge in [0, 0.05) is 36.4 Å². The van der Waals surface area contributed by atoms with Crippen LogP contribution in [0, 0.1) is 11.6 Å². The Morgan fingerprint density at radius 1 is 0.943 bits per heavy atom. The van der Waals surface area contributed by atoms with Crippen LogP contribution in [0.2, 0.25) is 0 Å². The minimum absolute atomic E-state index is 0.110. The largest absolute Gasteiger partial charge is 0.370 e. The smallest absolute Gasteiger partial charge is 0.251 e. The minimum Gasteiger partial charge on any atom is -0.370 e. The fourth-order valence-electron chi connectivity index (χ4n) is 4.20. The van der Waals surface area contributed by atoms with Crippen molar-refractivity contribution in [3.05, 3.63) is 89.5 Å². The zero-order chi connectivity index (χ0) is 24.8. The second-order valence-electron chi connectivity index (χ2n) is 8.51. The summed E-state index contributed by atoms with van der Waals surface area (Å²) < 4.78 is 29.6. The molecule has 1 heterocycles. The van der Waals surface area contributed by atoms with Crippen molar-refractivity contribution in [2.45, 2.75) is 38.3 Å². The van der Waals surface area contributed by atoms with Crippen LogP contribution in [0.1, 0.15) is 42.9 Å². The molecule has 0 spiro atoms. The number of nitrogens with two attached hydrogens (primary N) is 1. The molecule has 1 fully saturated rings. The maximum absolute atomic E-state index is 15.0. The molecule has 6 nitrogen and oxygen atoms in total. The first-order valence-corrected chi connectivity index (χ1v) is 11.7. The zero-order valence-corrected chi connectivity index (χ0v) is 19.3. The van der Waals surface area contributed by atoms with E-state index < -0.39 is 23.6 Å². The highest BCUT2D eigenvalue weighted by atomic mass is 19.1. The Labute approximate surface area is 203 Å². The number of anilines is 3. The molecule has 0 aliphatic carbocycles. The number of amides is 2. The van der Waals surface area contributed by atoms with Crippen molar-refractivity contribution < 1.29 is 18.4 Å². The first-order chi connectivity index (χ1) is 17.0. The predicted octanol–water partition coefficient (Wildman–Crippen LogP) is 5.12. The third-order valence-electron chi connectivity index (χ3n) is 6.03. The number of halogens is 2. The lowest BCUT2D eigenvalue weighted by Gasteiger charge is -2.23. The van der Waals surface area contributed by atoms with Crippen LogP contribution >= 0.6 is 0 Å². The lowest BCUT2D eigenvalue weighted by Crippen LogP contribution is -2.31. The number of benzene rings is 3. The first kappa shape index (κ1) is 24.3. The molecule has 0 aromatic heterocycles. The highest BCUT2D eigenvalue weighted by Gasteiger charge is 2.25. The Morgan fingerprint density at radius 2 is 1.77 bits per heavy atom. The Bertz CT molecular complexity index is 1220. The van der Waals surface area contributed by atoms with Gasteiger partial charge in [0.25, 0.3) is 5.91 Å². The average Bonchev–Trinajstić information content (AvgIpc) is 3.07. The molecule has 4 rings (SSSR count). The molecule has 1 unspecified atom stereocenters. The third-order valence-corrected chi connectivity index (χ3v) is 6.03.